The Morgan fingerprint density at radius 2 is 2.03 bits per heavy atom. The second kappa shape index (κ2) is 13.3. The molecule has 3 rings (SSSR count). The summed E-state index contributed by atoms with van der Waals surface area (Å²) in [5, 5.41) is 4.92. The van der Waals surface area contributed by atoms with E-state index in [9.17, 15) is 23.5 Å². The maximum atomic E-state index is 14.8. The summed E-state index contributed by atoms with van der Waals surface area (Å²) < 4.78 is 34.5. The van der Waals surface area contributed by atoms with Crippen LogP contribution in [0.5, 0.6) is 0 Å². The Bertz CT molecular complexity index is 1110. The number of nitrogens with two attached hydrogens (primary N) is 2. The van der Waals surface area contributed by atoms with E-state index in [1.165, 1.54) is 30.3 Å². The summed E-state index contributed by atoms with van der Waals surface area (Å²) in [5.41, 5.74) is 6.71. The third-order valence-electron chi connectivity index (χ3n) is 4.56. The summed E-state index contributed by atoms with van der Waals surface area (Å²) in [6, 6.07) is 7.35. The summed E-state index contributed by atoms with van der Waals surface area (Å²) >= 11 is 0. The van der Waals surface area contributed by atoms with E-state index < -0.39 is 32.4 Å². The summed E-state index contributed by atoms with van der Waals surface area (Å²) in [6.45, 7) is -0.725. The van der Waals surface area contributed by atoms with Gasteiger partial charge in [-0.05, 0) is 30.3 Å². The van der Waals surface area contributed by atoms with E-state index in [0.29, 0.717) is 11.4 Å². The molecule has 0 bridgehead atoms. The van der Waals surface area contributed by atoms with Crippen LogP contribution in [0.2, 0.25) is 0 Å². The molecule has 13 nitrogen and oxygen atoms in total. The number of halogens is 1. The zero-order chi connectivity index (χ0) is 24.3. The standard InChI is InChI=1S/C18H23FN7O6P.2Na/c1-24(17(20)23-25(2)21)16-6-3-11(8-22-16)14-5-4-12(7-15(14)19)26-9-13(32-18(26)27)10-31-33(28,29)30;;/h3-8,13H,9-10,21H2,1-2H3,(H2,20,23)(H2,28,29,30);;/q;2*+1/p-2. The van der Waals surface area contributed by atoms with Crippen molar-refractivity contribution in [2.45, 2.75) is 6.10 Å². The Kier molecular flexibility index (Phi) is 12.1. The second-order valence-corrected chi connectivity index (χ2v) is 8.17. The summed E-state index contributed by atoms with van der Waals surface area (Å²) in [6.07, 6.45) is -0.357. The van der Waals surface area contributed by atoms with Crippen LogP contribution in [-0.4, -0.2) is 55.5 Å². The first-order valence-corrected chi connectivity index (χ1v) is 10.9. The molecule has 1 saturated heterocycles. The number of cyclic esters (lactones) is 1. The summed E-state index contributed by atoms with van der Waals surface area (Å²) in [5.74, 6) is 5.36. The van der Waals surface area contributed by atoms with Gasteiger partial charge in [-0.1, -0.05) is 0 Å². The van der Waals surface area contributed by atoms with Crippen molar-refractivity contribution < 1.29 is 91.9 Å². The van der Waals surface area contributed by atoms with Gasteiger partial charge in [-0.15, -0.1) is 5.10 Å². The largest absolute Gasteiger partial charge is 1.00 e. The number of hydrogen-bond donors (Lipinski definition) is 2. The van der Waals surface area contributed by atoms with Crippen molar-refractivity contribution in [3.8, 4) is 11.1 Å². The van der Waals surface area contributed by atoms with Gasteiger partial charge in [0.05, 0.1) is 26.7 Å². The molecular weight excluding hydrogens is 506 g/mol. The minimum atomic E-state index is -5.20. The second-order valence-electron chi connectivity index (χ2n) is 7.02. The number of nitrogens with zero attached hydrogens (tertiary/aromatic N) is 5. The van der Waals surface area contributed by atoms with E-state index in [2.05, 4.69) is 14.6 Å². The molecule has 0 radical (unpaired) electrons. The number of phosphoric acid groups is 1. The van der Waals surface area contributed by atoms with E-state index in [1.807, 2.05) is 0 Å². The molecule has 1 aliphatic rings. The topological polar surface area (TPSA) is 186 Å². The van der Waals surface area contributed by atoms with Crippen molar-refractivity contribution in [1.29, 1.82) is 0 Å². The number of ether oxygens (including phenoxy) is 1. The van der Waals surface area contributed by atoms with Crippen molar-refractivity contribution in [3.63, 3.8) is 0 Å². The average molecular weight is 527 g/mol. The maximum absolute atomic E-state index is 14.8. The van der Waals surface area contributed by atoms with Gasteiger partial charge in [0.2, 0.25) is 5.96 Å². The van der Waals surface area contributed by atoms with Gasteiger partial charge < -0.3 is 29.3 Å². The van der Waals surface area contributed by atoms with E-state index in [0.717, 1.165) is 16.1 Å². The van der Waals surface area contributed by atoms with Gasteiger partial charge in [0.15, 0.2) is 0 Å². The van der Waals surface area contributed by atoms with Crippen LogP contribution in [0.3, 0.4) is 0 Å². The van der Waals surface area contributed by atoms with Crippen molar-refractivity contribution >= 4 is 31.4 Å². The number of carbonyl (C=O) groups excluding carboxylic acids is 1. The third-order valence-corrected chi connectivity index (χ3v) is 5.03. The fraction of sp³-hybridized carbons (Fsp3) is 0.278. The molecule has 1 amide bonds. The van der Waals surface area contributed by atoms with E-state index in [1.54, 1.807) is 19.2 Å². The van der Waals surface area contributed by atoms with E-state index >= 15 is 0 Å². The number of aromatic nitrogens is 1. The van der Waals surface area contributed by atoms with Crippen LogP contribution in [0.1, 0.15) is 0 Å². The fourth-order valence-electron chi connectivity index (χ4n) is 2.99. The molecule has 2 aromatic rings. The van der Waals surface area contributed by atoms with Gasteiger partial charge in [-0.3, -0.25) is 9.80 Å². The molecule has 1 aromatic heterocycles. The molecular formula is C18H21FN7Na2O6P. The normalized spacial score (nSPS) is 15.7. The Hall–Kier alpha value is -1.29. The van der Waals surface area contributed by atoms with Gasteiger partial charge in [0.1, 0.15) is 17.7 Å². The number of hydrazine groups is 1. The minimum absolute atomic E-state index is 0. The van der Waals surface area contributed by atoms with Crippen LogP contribution in [0, 0.1) is 5.82 Å². The number of amides is 1. The predicted octanol–water partition coefficient (Wildman–Crippen LogP) is -6.46. The number of guanidine groups is 1. The fourth-order valence-corrected chi connectivity index (χ4v) is 3.34. The Morgan fingerprint density at radius 3 is 2.57 bits per heavy atom. The number of rotatable bonds is 7. The maximum Gasteiger partial charge on any atom is 1.00 e. The number of carbonyl (C=O) groups is 1. The summed E-state index contributed by atoms with van der Waals surface area (Å²) in [4.78, 5) is 40.1. The molecule has 0 spiro atoms. The number of benzene rings is 1. The monoisotopic (exact) mass is 527 g/mol. The molecule has 0 aliphatic carbocycles. The molecule has 1 fully saturated rings. The van der Waals surface area contributed by atoms with Crippen LogP contribution in [0.25, 0.3) is 11.1 Å². The molecule has 2 heterocycles. The molecule has 1 aliphatic heterocycles. The molecule has 1 aromatic carbocycles. The van der Waals surface area contributed by atoms with E-state index in [-0.39, 0.29) is 82.9 Å². The van der Waals surface area contributed by atoms with Crippen molar-refractivity contribution in [2.75, 3.05) is 37.0 Å². The molecule has 4 N–H and O–H groups in total. The quantitative estimate of drug-likeness (QED) is 0.0871. The number of hydrogen-bond acceptors (Lipinski definition) is 10. The van der Waals surface area contributed by atoms with Crippen LogP contribution in [-0.2, 0) is 13.8 Å². The molecule has 17 heteroatoms. The van der Waals surface area contributed by atoms with Gasteiger partial charge in [-0.2, -0.15) is 0 Å². The Balaban J connectivity index is 0.00000306. The number of pyridine rings is 1. The molecule has 35 heavy (non-hydrogen) atoms. The van der Waals surface area contributed by atoms with Crippen LogP contribution < -0.4 is 90.3 Å². The average Bonchev–Trinajstić information content (AvgIpc) is 3.11. The molecule has 1 atom stereocenters. The zero-order valence-corrected chi connectivity index (χ0v) is 24.5. The first-order chi connectivity index (χ1) is 15.4. The molecule has 0 saturated carbocycles. The Morgan fingerprint density at radius 1 is 1.34 bits per heavy atom. The predicted molar refractivity (Wildman–Crippen MR) is 113 cm³/mol. The van der Waals surface area contributed by atoms with Gasteiger partial charge in [-0.25, -0.2) is 25.1 Å². The van der Waals surface area contributed by atoms with Crippen molar-refractivity contribution in [3.05, 3.63) is 42.3 Å². The van der Waals surface area contributed by atoms with Crippen LogP contribution in [0.15, 0.2) is 41.6 Å². The summed E-state index contributed by atoms with van der Waals surface area (Å²) in [7, 11) is -2.05. The Labute approximate surface area is 245 Å². The van der Waals surface area contributed by atoms with Crippen LogP contribution in [0.4, 0.5) is 20.7 Å². The molecule has 178 valence electrons. The number of hydrazone groups is 1. The first kappa shape index (κ1) is 31.7. The first-order valence-electron chi connectivity index (χ1n) is 9.41. The van der Waals surface area contributed by atoms with Gasteiger partial charge in [0.25, 0.3) is 0 Å². The van der Waals surface area contributed by atoms with Crippen LogP contribution >= 0.6 is 7.82 Å². The van der Waals surface area contributed by atoms with Gasteiger partial charge in [0, 0.05) is 31.4 Å². The number of anilines is 2. The number of phosphoric ester groups is 1. The van der Waals surface area contributed by atoms with Crippen molar-refractivity contribution in [1.82, 2.24) is 10.1 Å². The van der Waals surface area contributed by atoms with Gasteiger partial charge >= 0.3 is 65.2 Å². The SMILES string of the molecule is CN(N)/N=C(\N)N(C)c1ccc(-c2ccc(N3CC(COP(=O)([O-])[O-])OC3=O)cc2F)cn1.[Na+].[Na+]. The zero-order valence-electron chi connectivity index (χ0n) is 19.6. The smallest absolute Gasteiger partial charge is 0.790 e. The molecule has 1 unspecified atom stereocenters. The van der Waals surface area contributed by atoms with E-state index in [4.69, 9.17) is 16.3 Å². The van der Waals surface area contributed by atoms with Crippen molar-refractivity contribution in [2.24, 2.45) is 16.7 Å². The third kappa shape index (κ3) is 8.65. The minimum Gasteiger partial charge on any atom is -0.790 e.